The van der Waals surface area contributed by atoms with Crippen molar-refractivity contribution in [3.63, 3.8) is 0 Å². The molecule has 0 heterocycles. The molecule has 0 aliphatic rings. The standard InChI is InChI=1S/C22H15Cl2NO5/c23-15-5-8-17(9-6-15)30-12-20(26)13-1-3-14(4-2-13)21(27)25-19-10-7-16(24)11-18(19)22(28)29/h1-11H,12H2,(H,25,27)(H,28,29). The van der Waals surface area contributed by atoms with E-state index in [1.807, 2.05) is 0 Å². The molecule has 0 aliphatic heterocycles. The molecule has 1 amide bonds. The molecule has 0 unspecified atom stereocenters. The molecular formula is C22H15Cl2NO5. The smallest absolute Gasteiger partial charge is 0.337 e. The summed E-state index contributed by atoms with van der Waals surface area (Å²) >= 11 is 11.6. The van der Waals surface area contributed by atoms with Crippen LogP contribution in [0.2, 0.25) is 10.0 Å². The van der Waals surface area contributed by atoms with Gasteiger partial charge in [-0.2, -0.15) is 0 Å². The number of carbonyl (C=O) groups is 3. The first-order valence-corrected chi connectivity index (χ1v) is 9.45. The second-order valence-electron chi connectivity index (χ2n) is 6.19. The number of benzene rings is 3. The van der Waals surface area contributed by atoms with Crippen molar-refractivity contribution in [2.45, 2.75) is 0 Å². The number of carboxylic acids is 1. The normalized spacial score (nSPS) is 10.3. The van der Waals surface area contributed by atoms with Crippen LogP contribution < -0.4 is 10.1 Å². The Morgan fingerprint density at radius 1 is 0.833 bits per heavy atom. The summed E-state index contributed by atoms with van der Waals surface area (Å²) in [4.78, 5) is 36.0. The molecule has 8 heteroatoms. The van der Waals surface area contributed by atoms with Gasteiger partial charge in [0, 0.05) is 21.2 Å². The number of amides is 1. The van der Waals surface area contributed by atoms with Crippen molar-refractivity contribution >= 4 is 46.5 Å². The predicted molar refractivity (Wildman–Crippen MR) is 114 cm³/mol. The fourth-order valence-corrected chi connectivity index (χ4v) is 2.87. The number of hydrogen-bond donors (Lipinski definition) is 2. The maximum absolute atomic E-state index is 12.4. The van der Waals surface area contributed by atoms with Crippen LogP contribution in [0.25, 0.3) is 0 Å². The van der Waals surface area contributed by atoms with Gasteiger partial charge in [-0.25, -0.2) is 4.79 Å². The zero-order valence-corrected chi connectivity index (χ0v) is 16.9. The summed E-state index contributed by atoms with van der Waals surface area (Å²) < 4.78 is 5.43. The minimum Gasteiger partial charge on any atom is -0.485 e. The number of anilines is 1. The average molecular weight is 444 g/mol. The Hall–Kier alpha value is -3.35. The molecule has 0 atom stereocenters. The first kappa shape index (κ1) is 21.4. The number of Topliss-reactive ketones (excluding diaryl/α,β-unsaturated/α-hetero) is 1. The van der Waals surface area contributed by atoms with Crippen molar-refractivity contribution in [3.8, 4) is 5.75 Å². The maximum atomic E-state index is 12.4. The van der Waals surface area contributed by atoms with Crippen LogP contribution in [0.15, 0.2) is 66.7 Å². The Kier molecular flexibility index (Phi) is 6.72. The third-order valence-corrected chi connectivity index (χ3v) is 4.60. The second kappa shape index (κ2) is 9.43. The van der Waals surface area contributed by atoms with Crippen LogP contribution in [0.3, 0.4) is 0 Å². The van der Waals surface area contributed by atoms with Crippen molar-refractivity contribution < 1.29 is 24.2 Å². The molecule has 30 heavy (non-hydrogen) atoms. The summed E-state index contributed by atoms with van der Waals surface area (Å²) in [6, 6.07) is 16.7. The Morgan fingerprint density at radius 2 is 1.43 bits per heavy atom. The number of ketones is 1. The minimum absolute atomic E-state index is 0.119. The van der Waals surface area contributed by atoms with Gasteiger partial charge in [0.25, 0.3) is 5.91 Å². The van der Waals surface area contributed by atoms with E-state index in [2.05, 4.69) is 5.32 Å². The highest BCUT2D eigenvalue weighted by Gasteiger charge is 2.15. The molecule has 2 N–H and O–H groups in total. The highest BCUT2D eigenvalue weighted by molar-refractivity contribution is 6.31. The monoisotopic (exact) mass is 443 g/mol. The summed E-state index contributed by atoms with van der Waals surface area (Å²) in [5, 5.41) is 12.6. The van der Waals surface area contributed by atoms with Gasteiger partial charge in [0.05, 0.1) is 11.3 Å². The maximum Gasteiger partial charge on any atom is 0.337 e. The minimum atomic E-state index is -1.21. The van der Waals surface area contributed by atoms with Crippen LogP contribution in [-0.2, 0) is 0 Å². The van der Waals surface area contributed by atoms with Gasteiger partial charge in [-0.3, -0.25) is 9.59 Å². The lowest BCUT2D eigenvalue weighted by atomic mass is 10.1. The lowest BCUT2D eigenvalue weighted by molar-refractivity contribution is 0.0697. The molecule has 3 rings (SSSR count). The Morgan fingerprint density at radius 3 is 2.07 bits per heavy atom. The molecule has 0 radical (unpaired) electrons. The average Bonchev–Trinajstić information content (AvgIpc) is 2.74. The summed E-state index contributed by atoms with van der Waals surface area (Å²) in [6.45, 7) is -0.167. The van der Waals surface area contributed by atoms with Crippen LogP contribution in [0.4, 0.5) is 5.69 Å². The highest BCUT2D eigenvalue weighted by atomic mass is 35.5. The van der Waals surface area contributed by atoms with Crippen molar-refractivity contribution in [1.29, 1.82) is 0 Å². The van der Waals surface area contributed by atoms with Crippen LogP contribution in [-0.4, -0.2) is 29.4 Å². The highest BCUT2D eigenvalue weighted by Crippen LogP contribution is 2.22. The third-order valence-electron chi connectivity index (χ3n) is 4.11. The molecule has 0 fully saturated rings. The molecule has 0 saturated heterocycles. The van der Waals surface area contributed by atoms with Gasteiger partial charge in [0.2, 0.25) is 0 Å². The second-order valence-corrected chi connectivity index (χ2v) is 7.07. The van der Waals surface area contributed by atoms with Gasteiger partial charge in [-0.05, 0) is 54.6 Å². The quantitative estimate of drug-likeness (QED) is 0.489. The van der Waals surface area contributed by atoms with Crippen molar-refractivity contribution in [1.82, 2.24) is 0 Å². The van der Waals surface area contributed by atoms with Gasteiger partial charge in [-0.1, -0.05) is 35.3 Å². The number of halogens is 2. The van der Waals surface area contributed by atoms with E-state index in [-0.39, 0.29) is 34.2 Å². The molecule has 0 aliphatic carbocycles. The van der Waals surface area contributed by atoms with Crippen molar-refractivity contribution in [3.05, 3.63) is 93.5 Å². The van der Waals surface area contributed by atoms with Crippen LogP contribution >= 0.6 is 23.2 Å². The fourth-order valence-electron chi connectivity index (χ4n) is 2.57. The van der Waals surface area contributed by atoms with Crippen molar-refractivity contribution in [2.24, 2.45) is 0 Å². The molecule has 152 valence electrons. The molecule has 3 aromatic rings. The molecule has 0 spiro atoms. The van der Waals surface area contributed by atoms with Gasteiger partial charge in [-0.15, -0.1) is 0 Å². The van der Waals surface area contributed by atoms with Crippen LogP contribution in [0.5, 0.6) is 5.75 Å². The summed E-state index contributed by atoms with van der Waals surface area (Å²) in [6.07, 6.45) is 0. The number of carbonyl (C=O) groups excluding carboxylic acids is 2. The van der Waals surface area contributed by atoms with E-state index in [1.165, 1.54) is 42.5 Å². The van der Waals surface area contributed by atoms with Crippen molar-refractivity contribution in [2.75, 3.05) is 11.9 Å². The molecule has 0 saturated carbocycles. The third kappa shape index (κ3) is 5.37. The topological polar surface area (TPSA) is 92.7 Å². The Bertz CT molecular complexity index is 1100. The van der Waals surface area contributed by atoms with Crippen LogP contribution in [0.1, 0.15) is 31.1 Å². The molecule has 0 bridgehead atoms. The number of nitrogens with one attached hydrogen (secondary N) is 1. The van der Waals surface area contributed by atoms with E-state index in [1.54, 1.807) is 24.3 Å². The molecule has 0 aromatic heterocycles. The van der Waals surface area contributed by atoms with E-state index < -0.39 is 11.9 Å². The fraction of sp³-hybridized carbons (Fsp3) is 0.0455. The van der Waals surface area contributed by atoms with E-state index in [4.69, 9.17) is 27.9 Å². The summed E-state index contributed by atoms with van der Waals surface area (Å²) in [5.74, 6) is -1.48. The van der Waals surface area contributed by atoms with Gasteiger partial charge >= 0.3 is 5.97 Å². The number of aromatic carboxylic acids is 1. The number of rotatable bonds is 7. The van der Waals surface area contributed by atoms with E-state index in [9.17, 15) is 19.5 Å². The largest absolute Gasteiger partial charge is 0.485 e. The Labute approximate surface area is 182 Å². The predicted octanol–water partition coefficient (Wildman–Crippen LogP) is 5.21. The number of hydrogen-bond acceptors (Lipinski definition) is 4. The molecule has 3 aromatic carbocycles. The summed E-state index contributed by atoms with van der Waals surface area (Å²) in [7, 11) is 0. The Balaban J connectivity index is 1.65. The van der Waals surface area contributed by atoms with Crippen LogP contribution in [0, 0.1) is 0 Å². The summed E-state index contributed by atoms with van der Waals surface area (Å²) in [5.41, 5.74) is 0.630. The number of carboxylic acid groups (broad SMARTS) is 1. The lowest BCUT2D eigenvalue weighted by Gasteiger charge is -2.10. The van der Waals surface area contributed by atoms with Gasteiger partial charge in [0.1, 0.15) is 5.75 Å². The van der Waals surface area contributed by atoms with E-state index in [0.29, 0.717) is 16.3 Å². The molecule has 6 nitrogen and oxygen atoms in total. The SMILES string of the molecule is O=C(COc1ccc(Cl)cc1)c1ccc(C(=O)Nc2ccc(Cl)cc2C(=O)O)cc1. The van der Waals surface area contributed by atoms with Gasteiger partial charge in [0.15, 0.2) is 12.4 Å². The lowest BCUT2D eigenvalue weighted by Crippen LogP contribution is -2.15. The van der Waals surface area contributed by atoms with E-state index in [0.717, 1.165) is 0 Å². The first-order chi connectivity index (χ1) is 14.3. The first-order valence-electron chi connectivity index (χ1n) is 8.69. The molecular weight excluding hydrogens is 429 g/mol. The van der Waals surface area contributed by atoms with Gasteiger partial charge < -0.3 is 15.2 Å². The van der Waals surface area contributed by atoms with E-state index >= 15 is 0 Å². The zero-order chi connectivity index (χ0) is 21.7. The zero-order valence-electron chi connectivity index (χ0n) is 15.4. The number of ether oxygens (including phenoxy) is 1.